The van der Waals surface area contributed by atoms with Crippen LogP contribution in [0.4, 0.5) is 0 Å². The van der Waals surface area contributed by atoms with Crippen molar-refractivity contribution < 1.29 is 14.3 Å². The van der Waals surface area contributed by atoms with Gasteiger partial charge in [0.25, 0.3) is 0 Å². The van der Waals surface area contributed by atoms with Gasteiger partial charge in [0.2, 0.25) is 0 Å². The van der Waals surface area contributed by atoms with E-state index < -0.39 is 10.5 Å². The molecule has 3 nitrogen and oxygen atoms in total. The summed E-state index contributed by atoms with van der Waals surface area (Å²) >= 11 is 3.37. The molecule has 1 unspecified atom stereocenters. The molecule has 0 radical (unpaired) electrons. The van der Waals surface area contributed by atoms with Gasteiger partial charge in [-0.1, -0.05) is 49.1 Å². The van der Waals surface area contributed by atoms with Crippen LogP contribution < -0.4 is 0 Å². The van der Waals surface area contributed by atoms with E-state index in [9.17, 15) is 9.59 Å². The topological polar surface area (TPSA) is 43.4 Å². The molecule has 0 fully saturated rings. The molecular weight excluding hydrogens is 332 g/mol. The van der Waals surface area contributed by atoms with E-state index in [1.54, 1.807) is 37.3 Å². The van der Waals surface area contributed by atoms with E-state index in [-0.39, 0.29) is 5.78 Å². The molecule has 108 valence electrons. The van der Waals surface area contributed by atoms with E-state index in [4.69, 9.17) is 4.74 Å². The molecule has 1 aromatic rings. The van der Waals surface area contributed by atoms with Crippen LogP contribution in [-0.2, 0) is 9.53 Å². The molecule has 1 aromatic carbocycles. The standard InChI is InChI=1S/C17H15BrO3/c1-12(2)16(20)21-17(18)10-8-14(9-11-17)15(19)13-6-4-3-5-7-13/h3-10H,1,11H2,2H3. The molecule has 0 saturated carbocycles. The molecule has 1 atom stereocenters. The maximum absolute atomic E-state index is 12.3. The molecule has 0 aromatic heterocycles. The Kier molecular flexibility index (Phi) is 4.58. The molecule has 2 rings (SSSR count). The SMILES string of the molecule is C=C(C)C(=O)OC1(Br)C=CC(C(=O)c2ccccc2)=CC1. The molecule has 0 spiro atoms. The normalized spacial score (nSPS) is 20.6. The van der Waals surface area contributed by atoms with Gasteiger partial charge in [0.05, 0.1) is 0 Å². The highest BCUT2D eigenvalue weighted by Gasteiger charge is 2.30. The first-order valence-electron chi connectivity index (χ1n) is 6.48. The van der Waals surface area contributed by atoms with Crippen molar-refractivity contribution in [3.63, 3.8) is 0 Å². The Morgan fingerprint density at radius 2 is 1.95 bits per heavy atom. The second kappa shape index (κ2) is 6.22. The van der Waals surface area contributed by atoms with Crippen LogP contribution in [-0.4, -0.2) is 16.3 Å². The Hall–Kier alpha value is -1.94. The third-order valence-corrected chi connectivity index (χ3v) is 3.77. The molecule has 0 heterocycles. The molecule has 4 heteroatoms. The first-order chi connectivity index (χ1) is 9.91. The number of ketones is 1. The van der Waals surface area contributed by atoms with Crippen molar-refractivity contribution in [2.75, 3.05) is 0 Å². The molecule has 0 saturated heterocycles. The van der Waals surface area contributed by atoms with Crippen molar-refractivity contribution in [2.45, 2.75) is 17.9 Å². The number of rotatable bonds is 4. The summed E-state index contributed by atoms with van der Waals surface area (Å²) in [5, 5.41) is 0. The zero-order valence-corrected chi connectivity index (χ0v) is 13.2. The smallest absolute Gasteiger partial charge is 0.334 e. The van der Waals surface area contributed by atoms with Gasteiger partial charge in [-0.2, -0.15) is 0 Å². The lowest BCUT2D eigenvalue weighted by molar-refractivity contribution is -0.143. The zero-order valence-electron chi connectivity index (χ0n) is 11.6. The first kappa shape index (κ1) is 15.4. The van der Waals surface area contributed by atoms with E-state index in [1.165, 1.54) is 0 Å². The number of allylic oxidation sites excluding steroid dienone is 2. The molecule has 0 N–H and O–H groups in total. The summed E-state index contributed by atoms with van der Waals surface area (Å²) in [5.74, 6) is -0.518. The largest absolute Gasteiger partial charge is 0.440 e. The Balaban J connectivity index is 2.09. The number of alkyl halides is 1. The molecule has 0 amide bonds. The quantitative estimate of drug-likeness (QED) is 0.358. The maximum Gasteiger partial charge on any atom is 0.334 e. The van der Waals surface area contributed by atoms with Gasteiger partial charge < -0.3 is 4.74 Å². The van der Waals surface area contributed by atoms with Crippen molar-refractivity contribution in [3.05, 3.63) is 71.8 Å². The summed E-state index contributed by atoms with van der Waals surface area (Å²) < 4.78 is 4.40. The van der Waals surface area contributed by atoms with Crippen LogP contribution in [0.25, 0.3) is 0 Å². The second-order valence-corrected chi connectivity index (χ2v) is 6.19. The van der Waals surface area contributed by atoms with Gasteiger partial charge in [-0.05, 0) is 28.9 Å². The second-order valence-electron chi connectivity index (χ2n) is 4.85. The number of ether oxygens (including phenoxy) is 1. The van der Waals surface area contributed by atoms with Gasteiger partial charge in [-0.3, -0.25) is 4.79 Å². The molecule has 0 aliphatic heterocycles. The van der Waals surface area contributed by atoms with Crippen molar-refractivity contribution in [3.8, 4) is 0 Å². The van der Waals surface area contributed by atoms with Crippen molar-refractivity contribution in [1.29, 1.82) is 0 Å². The van der Waals surface area contributed by atoms with Crippen LogP contribution in [0, 0.1) is 0 Å². The highest BCUT2D eigenvalue weighted by molar-refractivity contribution is 9.10. The van der Waals surface area contributed by atoms with Gasteiger partial charge in [-0.15, -0.1) is 0 Å². The zero-order chi connectivity index (χ0) is 15.5. The molecule has 1 aliphatic rings. The average molecular weight is 347 g/mol. The van der Waals surface area contributed by atoms with Gasteiger partial charge in [0.15, 0.2) is 10.3 Å². The predicted octanol–water partition coefficient (Wildman–Crippen LogP) is 3.97. The van der Waals surface area contributed by atoms with Crippen LogP contribution in [0.2, 0.25) is 0 Å². The van der Waals surface area contributed by atoms with Gasteiger partial charge in [0, 0.05) is 23.1 Å². The lowest BCUT2D eigenvalue weighted by atomic mass is 9.97. The van der Waals surface area contributed by atoms with Crippen LogP contribution in [0.1, 0.15) is 23.7 Å². The average Bonchev–Trinajstić information content (AvgIpc) is 2.48. The first-order valence-corrected chi connectivity index (χ1v) is 7.27. The number of benzene rings is 1. The molecule has 0 bridgehead atoms. The lowest BCUT2D eigenvalue weighted by Crippen LogP contribution is -2.28. The summed E-state index contributed by atoms with van der Waals surface area (Å²) in [6.07, 6.45) is 5.48. The number of esters is 1. The van der Waals surface area contributed by atoms with Crippen molar-refractivity contribution >= 4 is 27.7 Å². The highest BCUT2D eigenvalue weighted by atomic mass is 79.9. The maximum atomic E-state index is 12.3. The van der Waals surface area contributed by atoms with Gasteiger partial charge in [0.1, 0.15) is 0 Å². The van der Waals surface area contributed by atoms with Crippen LogP contribution in [0.3, 0.4) is 0 Å². The Bertz CT molecular complexity index is 643. The number of carbonyl (C=O) groups excluding carboxylic acids is 2. The van der Waals surface area contributed by atoms with Crippen molar-refractivity contribution in [1.82, 2.24) is 0 Å². The highest BCUT2D eigenvalue weighted by Crippen LogP contribution is 2.32. The van der Waals surface area contributed by atoms with E-state index in [2.05, 4.69) is 22.5 Å². The monoisotopic (exact) mass is 346 g/mol. The Morgan fingerprint density at radius 3 is 2.48 bits per heavy atom. The van der Waals surface area contributed by atoms with Crippen LogP contribution >= 0.6 is 15.9 Å². The Morgan fingerprint density at radius 1 is 1.29 bits per heavy atom. The van der Waals surface area contributed by atoms with Gasteiger partial charge >= 0.3 is 5.97 Å². The van der Waals surface area contributed by atoms with Gasteiger partial charge in [-0.25, -0.2) is 4.79 Å². The minimum atomic E-state index is -0.913. The fourth-order valence-electron chi connectivity index (χ4n) is 1.84. The minimum Gasteiger partial charge on any atom is -0.440 e. The number of halogens is 1. The number of Topliss-reactive ketones (excluding diaryl/α,β-unsaturated/α-hetero) is 1. The van der Waals surface area contributed by atoms with E-state index in [1.807, 2.05) is 18.2 Å². The molecule has 21 heavy (non-hydrogen) atoms. The van der Waals surface area contributed by atoms with E-state index >= 15 is 0 Å². The van der Waals surface area contributed by atoms with Crippen molar-refractivity contribution in [2.24, 2.45) is 0 Å². The summed E-state index contributed by atoms with van der Waals surface area (Å²) in [5.41, 5.74) is 1.55. The van der Waals surface area contributed by atoms with E-state index in [0.29, 0.717) is 23.1 Å². The van der Waals surface area contributed by atoms with Crippen LogP contribution in [0.5, 0.6) is 0 Å². The van der Waals surface area contributed by atoms with Crippen LogP contribution in [0.15, 0.2) is 66.3 Å². The Labute approximate surface area is 132 Å². The lowest BCUT2D eigenvalue weighted by Gasteiger charge is -2.26. The fourth-order valence-corrected chi connectivity index (χ4v) is 2.28. The third kappa shape index (κ3) is 3.79. The summed E-state index contributed by atoms with van der Waals surface area (Å²) in [4.78, 5) is 23.9. The summed E-state index contributed by atoms with van der Waals surface area (Å²) in [7, 11) is 0. The molecular formula is C17H15BrO3. The number of hydrogen-bond acceptors (Lipinski definition) is 3. The third-order valence-electron chi connectivity index (χ3n) is 3.02. The minimum absolute atomic E-state index is 0.0485. The fraction of sp³-hybridized carbons (Fsp3) is 0.176. The summed E-state index contributed by atoms with van der Waals surface area (Å²) in [6.45, 7) is 5.13. The summed E-state index contributed by atoms with van der Waals surface area (Å²) in [6, 6.07) is 9.05. The number of carbonyl (C=O) groups is 2. The molecule has 1 aliphatic carbocycles. The van der Waals surface area contributed by atoms with E-state index in [0.717, 1.165) is 0 Å². The number of hydrogen-bond donors (Lipinski definition) is 0. The predicted molar refractivity (Wildman–Crippen MR) is 85.2 cm³/mol.